The number of ether oxygens (including phenoxy) is 2. The second-order valence-corrected chi connectivity index (χ2v) is 8.78. The highest BCUT2D eigenvalue weighted by Crippen LogP contribution is 2.43. The van der Waals surface area contributed by atoms with Crippen LogP contribution in [-0.2, 0) is 20.3 Å². The molecule has 2 atom stereocenters. The zero-order valence-electron chi connectivity index (χ0n) is 15.3. The second kappa shape index (κ2) is 7.85. The van der Waals surface area contributed by atoms with Crippen LogP contribution < -0.4 is 14.5 Å². The summed E-state index contributed by atoms with van der Waals surface area (Å²) >= 11 is 0. The van der Waals surface area contributed by atoms with Gasteiger partial charge in [-0.2, -0.15) is 0 Å². The number of hydrogen-bond donors (Lipinski definition) is 0. The lowest BCUT2D eigenvalue weighted by Gasteiger charge is -2.34. The molecule has 0 radical (unpaired) electrons. The third-order valence-electron chi connectivity index (χ3n) is 5.34. The Morgan fingerprint density at radius 1 is 1.24 bits per heavy atom. The lowest BCUT2D eigenvalue weighted by molar-refractivity contribution is -0.130. The monoisotopic (exact) mass is 432 g/mol. The van der Waals surface area contributed by atoms with Crippen LogP contribution in [0.2, 0.25) is 0 Å². The zero-order chi connectivity index (χ0) is 20.7. The van der Waals surface area contributed by atoms with Gasteiger partial charge in [-0.3, -0.25) is 13.9 Å². The summed E-state index contributed by atoms with van der Waals surface area (Å²) in [6.45, 7) is 0.954. The van der Waals surface area contributed by atoms with Gasteiger partial charge in [0.05, 0.1) is 11.4 Å². The summed E-state index contributed by atoms with van der Waals surface area (Å²) in [6, 6.07) is 2.08. The summed E-state index contributed by atoms with van der Waals surface area (Å²) in [6.07, 6.45) is -5.06. The van der Waals surface area contributed by atoms with E-state index in [1.807, 2.05) is 0 Å². The van der Waals surface area contributed by atoms with Crippen molar-refractivity contribution in [2.75, 3.05) is 41.0 Å². The molecule has 1 aromatic rings. The molecule has 3 aliphatic rings. The van der Waals surface area contributed by atoms with E-state index in [0.717, 1.165) is 0 Å². The SMILES string of the molecule is O=C(CC[C@@H]1OC(=O)N2c3cc(F)c(N4CCS(=O)CC4)cc3OC[C@@H]12)C(F)F. The van der Waals surface area contributed by atoms with E-state index in [9.17, 15) is 27.0 Å². The molecule has 158 valence electrons. The number of ketones is 1. The molecule has 0 aliphatic carbocycles. The first kappa shape index (κ1) is 20.0. The van der Waals surface area contributed by atoms with Gasteiger partial charge in [0, 0.05) is 53.9 Å². The number of amides is 1. The third-order valence-corrected chi connectivity index (χ3v) is 6.62. The van der Waals surface area contributed by atoms with Crippen LogP contribution >= 0.6 is 0 Å². The Hall–Kier alpha value is -2.30. The number of rotatable bonds is 5. The maximum atomic E-state index is 14.8. The van der Waals surface area contributed by atoms with Crippen molar-refractivity contribution in [3.8, 4) is 5.75 Å². The van der Waals surface area contributed by atoms with Crippen LogP contribution in [0.4, 0.5) is 29.3 Å². The van der Waals surface area contributed by atoms with E-state index >= 15 is 0 Å². The molecule has 3 aliphatic heterocycles. The van der Waals surface area contributed by atoms with E-state index in [1.165, 1.54) is 17.0 Å². The summed E-state index contributed by atoms with van der Waals surface area (Å²) in [5.41, 5.74) is 0.515. The van der Waals surface area contributed by atoms with Crippen molar-refractivity contribution < 1.29 is 36.4 Å². The zero-order valence-corrected chi connectivity index (χ0v) is 16.1. The largest absolute Gasteiger partial charge is 0.489 e. The molecule has 2 fully saturated rings. The molecule has 0 bridgehead atoms. The first-order valence-corrected chi connectivity index (χ1v) is 10.7. The molecule has 0 spiro atoms. The summed E-state index contributed by atoms with van der Waals surface area (Å²) < 4.78 is 62.1. The topological polar surface area (TPSA) is 76.2 Å². The van der Waals surface area contributed by atoms with Gasteiger partial charge in [-0.15, -0.1) is 0 Å². The van der Waals surface area contributed by atoms with Crippen LogP contribution in [0.3, 0.4) is 0 Å². The number of alkyl halides is 2. The molecule has 29 heavy (non-hydrogen) atoms. The number of cyclic esters (lactones) is 1. The molecule has 11 heteroatoms. The molecule has 1 aromatic carbocycles. The minimum Gasteiger partial charge on any atom is -0.489 e. The molecular formula is C18H19F3N2O5S. The minimum atomic E-state index is -3.06. The number of carbonyl (C=O) groups is 2. The molecular weight excluding hydrogens is 413 g/mol. The van der Waals surface area contributed by atoms with Crippen molar-refractivity contribution in [1.29, 1.82) is 0 Å². The van der Waals surface area contributed by atoms with Crippen LogP contribution in [0.15, 0.2) is 12.1 Å². The van der Waals surface area contributed by atoms with Crippen molar-refractivity contribution >= 4 is 34.1 Å². The van der Waals surface area contributed by atoms with Crippen molar-refractivity contribution in [3.05, 3.63) is 17.9 Å². The van der Waals surface area contributed by atoms with Gasteiger partial charge in [0.25, 0.3) is 6.43 Å². The Morgan fingerprint density at radius 3 is 2.66 bits per heavy atom. The van der Waals surface area contributed by atoms with E-state index in [1.54, 1.807) is 4.90 Å². The summed E-state index contributed by atoms with van der Waals surface area (Å²) in [5, 5.41) is 0. The third kappa shape index (κ3) is 3.79. The molecule has 0 aromatic heterocycles. The van der Waals surface area contributed by atoms with Gasteiger partial charge in [0.2, 0.25) is 0 Å². The number of fused-ring (bicyclic) bond motifs is 3. The number of anilines is 2. The van der Waals surface area contributed by atoms with Gasteiger partial charge < -0.3 is 14.4 Å². The molecule has 7 nitrogen and oxygen atoms in total. The summed E-state index contributed by atoms with van der Waals surface area (Å²) in [5.74, 6) is -0.543. The molecule has 1 amide bonds. The van der Waals surface area contributed by atoms with Crippen molar-refractivity contribution in [2.45, 2.75) is 31.4 Å². The number of benzene rings is 1. The van der Waals surface area contributed by atoms with Gasteiger partial charge in [-0.1, -0.05) is 0 Å². The summed E-state index contributed by atoms with van der Waals surface area (Å²) in [4.78, 5) is 26.6. The molecule has 0 unspecified atom stereocenters. The Balaban J connectivity index is 1.54. The Kier molecular flexibility index (Phi) is 5.41. The fourth-order valence-electron chi connectivity index (χ4n) is 3.80. The minimum absolute atomic E-state index is 0.0430. The lowest BCUT2D eigenvalue weighted by Crippen LogP contribution is -2.45. The van der Waals surface area contributed by atoms with E-state index in [4.69, 9.17) is 9.47 Å². The normalized spacial score (nSPS) is 24.2. The predicted octanol–water partition coefficient (Wildman–Crippen LogP) is 2.09. The van der Waals surface area contributed by atoms with E-state index < -0.39 is 53.5 Å². The van der Waals surface area contributed by atoms with Gasteiger partial charge in [-0.25, -0.2) is 18.0 Å². The van der Waals surface area contributed by atoms with Gasteiger partial charge in [0.15, 0.2) is 5.78 Å². The average molecular weight is 432 g/mol. The highest BCUT2D eigenvalue weighted by Gasteiger charge is 2.47. The standard InChI is InChI=1S/C18H19F3N2O5S/c19-10-7-12-16(8-11(10)22-3-5-29(26)6-4-22)27-9-13-15(28-18(25)23(12)13)2-1-14(24)17(20)21/h7-8,13,15,17H,1-6,9H2/t13-,15-/m0/s1. The molecule has 0 N–H and O–H groups in total. The lowest BCUT2D eigenvalue weighted by atomic mass is 10.0. The van der Waals surface area contributed by atoms with Crippen molar-refractivity contribution in [3.63, 3.8) is 0 Å². The smallest absolute Gasteiger partial charge is 0.415 e. The fraction of sp³-hybridized carbons (Fsp3) is 0.556. The number of hydrogen-bond acceptors (Lipinski definition) is 6. The van der Waals surface area contributed by atoms with E-state index in [0.29, 0.717) is 36.0 Å². The van der Waals surface area contributed by atoms with E-state index in [2.05, 4.69) is 0 Å². The summed E-state index contributed by atoms with van der Waals surface area (Å²) in [7, 11) is -0.900. The second-order valence-electron chi connectivity index (χ2n) is 7.08. The Morgan fingerprint density at radius 2 is 1.97 bits per heavy atom. The Labute approximate surface area is 167 Å². The molecule has 0 saturated carbocycles. The van der Waals surface area contributed by atoms with Crippen LogP contribution in [-0.4, -0.2) is 65.9 Å². The van der Waals surface area contributed by atoms with Crippen LogP contribution in [0, 0.1) is 5.82 Å². The number of nitrogens with zero attached hydrogens (tertiary/aromatic N) is 2. The molecule has 2 saturated heterocycles. The van der Waals surface area contributed by atoms with Gasteiger partial charge in [0.1, 0.15) is 30.3 Å². The number of Topliss-reactive ketones (excluding diaryl/α,β-unsaturated/α-hetero) is 1. The predicted molar refractivity (Wildman–Crippen MR) is 98.8 cm³/mol. The van der Waals surface area contributed by atoms with Crippen molar-refractivity contribution in [2.24, 2.45) is 0 Å². The van der Waals surface area contributed by atoms with E-state index in [-0.39, 0.29) is 18.7 Å². The first-order valence-electron chi connectivity index (χ1n) is 9.22. The molecule has 3 heterocycles. The highest BCUT2D eigenvalue weighted by atomic mass is 32.2. The maximum Gasteiger partial charge on any atom is 0.415 e. The van der Waals surface area contributed by atoms with Crippen LogP contribution in [0.5, 0.6) is 5.75 Å². The number of halogens is 3. The van der Waals surface area contributed by atoms with Crippen LogP contribution in [0.1, 0.15) is 12.8 Å². The van der Waals surface area contributed by atoms with Gasteiger partial charge in [-0.05, 0) is 6.42 Å². The van der Waals surface area contributed by atoms with Gasteiger partial charge >= 0.3 is 6.09 Å². The maximum absolute atomic E-state index is 14.8. The number of carbonyl (C=O) groups excluding carboxylic acids is 2. The molecule has 4 rings (SSSR count). The highest BCUT2D eigenvalue weighted by molar-refractivity contribution is 7.85. The Bertz CT molecular complexity index is 858. The quantitative estimate of drug-likeness (QED) is 0.710. The first-order chi connectivity index (χ1) is 13.8. The van der Waals surface area contributed by atoms with Crippen molar-refractivity contribution in [1.82, 2.24) is 0 Å². The van der Waals surface area contributed by atoms with Crippen LogP contribution in [0.25, 0.3) is 0 Å². The average Bonchev–Trinajstić information content (AvgIpc) is 3.02. The fourth-order valence-corrected chi connectivity index (χ4v) is 4.85.